The predicted octanol–water partition coefficient (Wildman–Crippen LogP) is 1.87. The molecule has 0 aromatic heterocycles. The van der Waals surface area contributed by atoms with Crippen molar-refractivity contribution >= 4 is 11.8 Å². The zero-order valence-electron chi connectivity index (χ0n) is 12.2. The molecule has 2 rings (SSSR count). The number of nitrogens with one attached hydrogen (secondary N) is 1. The Morgan fingerprint density at radius 2 is 1.90 bits per heavy atom. The molecule has 0 aliphatic heterocycles. The molecule has 20 heavy (non-hydrogen) atoms. The lowest BCUT2D eigenvalue weighted by molar-refractivity contribution is -0.130. The van der Waals surface area contributed by atoms with E-state index in [-0.39, 0.29) is 17.7 Å². The van der Waals surface area contributed by atoms with Crippen molar-refractivity contribution in [2.24, 2.45) is 5.92 Å². The second-order valence-corrected chi connectivity index (χ2v) is 5.49. The molecule has 0 atom stereocenters. The molecule has 0 unspecified atom stereocenters. The molecule has 1 aromatic carbocycles. The maximum atomic E-state index is 11.7. The number of rotatable bonds is 6. The van der Waals surface area contributed by atoms with E-state index in [9.17, 15) is 9.59 Å². The van der Waals surface area contributed by atoms with Crippen LogP contribution < -0.4 is 5.32 Å². The third kappa shape index (κ3) is 4.37. The molecule has 1 N–H and O–H groups in total. The number of hydrogen-bond donors (Lipinski definition) is 1. The Hall–Kier alpha value is -1.84. The summed E-state index contributed by atoms with van der Waals surface area (Å²) in [6.45, 7) is 5.29. The monoisotopic (exact) mass is 274 g/mol. The lowest BCUT2D eigenvalue weighted by Crippen LogP contribution is -2.37. The van der Waals surface area contributed by atoms with Crippen LogP contribution in [-0.2, 0) is 16.1 Å². The zero-order chi connectivity index (χ0) is 14.5. The molecule has 1 aliphatic rings. The van der Waals surface area contributed by atoms with Gasteiger partial charge in [0.1, 0.15) is 0 Å². The predicted molar refractivity (Wildman–Crippen MR) is 78.0 cm³/mol. The van der Waals surface area contributed by atoms with Crippen molar-refractivity contribution in [3.05, 3.63) is 35.4 Å². The lowest BCUT2D eigenvalue weighted by Gasteiger charge is -2.21. The molecule has 0 radical (unpaired) electrons. The fraction of sp³-hybridized carbons (Fsp3) is 0.500. The van der Waals surface area contributed by atoms with Crippen LogP contribution in [0, 0.1) is 12.8 Å². The highest BCUT2D eigenvalue weighted by atomic mass is 16.2. The molecule has 4 heteroatoms. The van der Waals surface area contributed by atoms with E-state index in [2.05, 4.69) is 5.32 Å². The van der Waals surface area contributed by atoms with E-state index in [1.807, 2.05) is 31.2 Å². The molecule has 1 aromatic rings. The second-order valence-electron chi connectivity index (χ2n) is 5.49. The zero-order valence-corrected chi connectivity index (χ0v) is 12.2. The number of amides is 2. The fourth-order valence-corrected chi connectivity index (χ4v) is 2.07. The van der Waals surface area contributed by atoms with Gasteiger partial charge in [-0.25, -0.2) is 0 Å². The molecule has 0 saturated heterocycles. The van der Waals surface area contributed by atoms with Crippen LogP contribution in [-0.4, -0.2) is 29.8 Å². The number of benzene rings is 1. The van der Waals surface area contributed by atoms with Crippen molar-refractivity contribution in [2.45, 2.75) is 33.2 Å². The van der Waals surface area contributed by atoms with E-state index >= 15 is 0 Å². The summed E-state index contributed by atoms with van der Waals surface area (Å²) in [5, 5.41) is 2.89. The molecule has 2 amide bonds. The van der Waals surface area contributed by atoms with Gasteiger partial charge in [-0.1, -0.05) is 29.8 Å². The number of hydrogen-bond acceptors (Lipinski definition) is 2. The Bertz CT molecular complexity index is 478. The van der Waals surface area contributed by atoms with Gasteiger partial charge in [0.25, 0.3) is 0 Å². The molecule has 108 valence electrons. The Balaban J connectivity index is 1.81. The quantitative estimate of drug-likeness (QED) is 0.861. The first kappa shape index (κ1) is 14.6. The first-order valence-corrected chi connectivity index (χ1v) is 7.15. The summed E-state index contributed by atoms with van der Waals surface area (Å²) >= 11 is 0. The van der Waals surface area contributed by atoms with Crippen molar-refractivity contribution in [1.29, 1.82) is 0 Å². The van der Waals surface area contributed by atoms with Gasteiger partial charge in [-0.05, 0) is 25.3 Å². The van der Waals surface area contributed by atoms with Gasteiger partial charge in [0, 0.05) is 32.5 Å². The maximum Gasteiger partial charge on any atom is 0.223 e. The van der Waals surface area contributed by atoms with Crippen LogP contribution in [0.2, 0.25) is 0 Å². The molecule has 0 bridgehead atoms. The minimum Gasteiger partial charge on any atom is -0.354 e. The largest absolute Gasteiger partial charge is 0.354 e. The van der Waals surface area contributed by atoms with E-state index in [1.54, 1.807) is 11.8 Å². The number of carbonyl (C=O) groups excluding carboxylic acids is 2. The van der Waals surface area contributed by atoms with Gasteiger partial charge in [0.05, 0.1) is 0 Å². The van der Waals surface area contributed by atoms with Crippen molar-refractivity contribution in [2.75, 3.05) is 13.1 Å². The van der Waals surface area contributed by atoms with Gasteiger partial charge in [-0.2, -0.15) is 0 Å². The first-order valence-electron chi connectivity index (χ1n) is 7.15. The van der Waals surface area contributed by atoms with Crippen molar-refractivity contribution in [3.8, 4) is 0 Å². The summed E-state index contributed by atoms with van der Waals surface area (Å²) in [4.78, 5) is 25.0. The van der Waals surface area contributed by atoms with Crippen LogP contribution in [0.3, 0.4) is 0 Å². The van der Waals surface area contributed by atoms with Gasteiger partial charge >= 0.3 is 0 Å². The molecule has 0 heterocycles. The Labute approximate surface area is 120 Å². The summed E-state index contributed by atoms with van der Waals surface area (Å²) in [6, 6.07) is 8.16. The van der Waals surface area contributed by atoms with Gasteiger partial charge in [0.2, 0.25) is 11.8 Å². The standard InChI is InChI=1S/C16H22N2O2/c1-12-3-5-14(6-4-12)11-18(13(2)19)10-9-17-16(20)15-7-8-15/h3-6,15H,7-11H2,1-2H3,(H,17,20). The van der Waals surface area contributed by atoms with Crippen LogP contribution in [0.15, 0.2) is 24.3 Å². The Kier molecular flexibility index (Phi) is 4.77. The average Bonchev–Trinajstić information content (AvgIpc) is 3.24. The highest BCUT2D eigenvalue weighted by molar-refractivity contribution is 5.80. The van der Waals surface area contributed by atoms with Gasteiger partial charge in [-0.3, -0.25) is 9.59 Å². The number of carbonyl (C=O) groups is 2. The Morgan fingerprint density at radius 1 is 1.25 bits per heavy atom. The summed E-state index contributed by atoms with van der Waals surface area (Å²) in [5.41, 5.74) is 2.32. The second kappa shape index (κ2) is 6.55. The molecule has 4 nitrogen and oxygen atoms in total. The van der Waals surface area contributed by atoms with E-state index in [4.69, 9.17) is 0 Å². The van der Waals surface area contributed by atoms with Gasteiger partial charge < -0.3 is 10.2 Å². The topological polar surface area (TPSA) is 49.4 Å². The van der Waals surface area contributed by atoms with Crippen LogP contribution in [0.4, 0.5) is 0 Å². The minimum absolute atomic E-state index is 0.0336. The van der Waals surface area contributed by atoms with Crippen molar-refractivity contribution in [3.63, 3.8) is 0 Å². The lowest BCUT2D eigenvalue weighted by atomic mass is 10.1. The first-order chi connectivity index (χ1) is 9.56. The van der Waals surface area contributed by atoms with Gasteiger partial charge in [0.15, 0.2) is 0 Å². The molecule has 1 fully saturated rings. The summed E-state index contributed by atoms with van der Waals surface area (Å²) in [6.07, 6.45) is 2.01. The molecule has 1 saturated carbocycles. The maximum absolute atomic E-state index is 11.7. The van der Waals surface area contributed by atoms with Gasteiger partial charge in [-0.15, -0.1) is 0 Å². The van der Waals surface area contributed by atoms with E-state index in [0.717, 1.165) is 18.4 Å². The van der Waals surface area contributed by atoms with Crippen LogP contribution >= 0.6 is 0 Å². The van der Waals surface area contributed by atoms with Crippen LogP contribution in [0.5, 0.6) is 0 Å². The molecule has 1 aliphatic carbocycles. The summed E-state index contributed by atoms with van der Waals surface area (Å²) < 4.78 is 0. The summed E-state index contributed by atoms with van der Waals surface area (Å²) in [5.74, 6) is 0.382. The van der Waals surface area contributed by atoms with E-state index in [1.165, 1.54) is 5.56 Å². The number of aryl methyl sites for hydroxylation is 1. The third-order valence-corrected chi connectivity index (χ3v) is 3.57. The van der Waals surface area contributed by atoms with E-state index in [0.29, 0.717) is 19.6 Å². The van der Waals surface area contributed by atoms with Crippen molar-refractivity contribution < 1.29 is 9.59 Å². The molecular weight excluding hydrogens is 252 g/mol. The smallest absolute Gasteiger partial charge is 0.223 e. The number of nitrogens with zero attached hydrogens (tertiary/aromatic N) is 1. The normalized spacial score (nSPS) is 13.9. The van der Waals surface area contributed by atoms with E-state index < -0.39 is 0 Å². The Morgan fingerprint density at radius 3 is 2.45 bits per heavy atom. The van der Waals surface area contributed by atoms with Crippen LogP contribution in [0.25, 0.3) is 0 Å². The molecule has 0 spiro atoms. The third-order valence-electron chi connectivity index (χ3n) is 3.57. The van der Waals surface area contributed by atoms with Crippen LogP contribution in [0.1, 0.15) is 30.9 Å². The highest BCUT2D eigenvalue weighted by Gasteiger charge is 2.29. The fourth-order valence-electron chi connectivity index (χ4n) is 2.07. The van der Waals surface area contributed by atoms with Crippen molar-refractivity contribution in [1.82, 2.24) is 10.2 Å². The molecular formula is C16H22N2O2. The highest BCUT2D eigenvalue weighted by Crippen LogP contribution is 2.28. The minimum atomic E-state index is 0.0336. The average molecular weight is 274 g/mol. The SMILES string of the molecule is CC(=O)N(CCNC(=O)C1CC1)Cc1ccc(C)cc1. The summed E-state index contributed by atoms with van der Waals surface area (Å²) in [7, 11) is 0.